The van der Waals surface area contributed by atoms with Crippen molar-refractivity contribution >= 4 is 24.0 Å². The summed E-state index contributed by atoms with van der Waals surface area (Å²) in [5.74, 6) is 0. The van der Waals surface area contributed by atoms with E-state index in [-0.39, 0.29) is 12.1 Å². The third-order valence-corrected chi connectivity index (χ3v) is 4.12. The molecular formula is C20H30N4O3. The van der Waals surface area contributed by atoms with Crippen LogP contribution in [-0.2, 0) is 11.2 Å². The lowest BCUT2D eigenvalue weighted by molar-refractivity contribution is 0.0517. The van der Waals surface area contributed by atoms with Gasteiger partial charge in [0.05, 0.1) is 6.04 Å². The van der Waals surface area contributed by atoms with Crippen molar-refractivity contribution < 1.29 is 14.3 Å². The van der Waals surface area contributed by atoms with Gasteiger partial charge in [0.2, 0.25) is 0 Å². The Balaban J connectivity index is 1.91. The molecule has 0 saturated carbocycles. The lowest BCUT2D eigenvalue weighted by Crippen LogP contribution is -2.41. The van der Waals surface area contributed by atoms with E-state index in [4.69, 9.17) is 4.74 Å². The van der Waals surface area contributed by atoms with Gasteiger partial charge in [-0.1, -0.05) is 38.0 Å². The minimum absolute atomic E-state index is 0.275. The highest BCUT2D eigenvalue weighted by molar-refractivity contribution is 5.94. The van der Waals surface area contributed by atoms with Crippen LogP contribution >= 0.6 is 0 Å². The number of amides is 3. The second kappa shape index (κ2) is 9.39. The second-order valence-corrected chi connectivity index (χ2v) is 7.62. The van der Waals surface area contributed by atoms with Gasteiger partial charge in [0, 0.05) is 18.4 Å². The van der Waals surface area contributed by atoms with Crippen molar-refractivity contribution in [2.75, 3.05) is 11.4 Å². The zero-order chi connectivity index (χ0) is 19.9. The summed E-state index contributed by atoms with van der Waals surface area (Å²) in [6.45, 7) is 8.16. The van der Waals surface area contributed by atoms with Crippen LogP contribution in [0.25, 0.3) is 0 Å². The maximum absolute atomic E-state index is 12.4. The summed E-state index contributed by atoms with van der Waals surface area (Å²) in [5, 5.41) is 6.85. The largest absolute Gasteiger partial charge is 0.444 e. The molecule has 148 valence electrons. The number of unbranched alkanes of at least 4 members (excludes halogenated alkanes) is 1. The van der Waals surface area contributed by atoms with Crippen LogP contribution in [0.5, 0.6) is 0 Å². The Kier molecular flexibility index (Phi) is 7.21. The molecule has 1 heterocycles. The molecule has 0 spiro atoms. The molecule has 0 aromatic heterocycles. The minimum atomic E-state index is -0.562. The topological polar surface area (TPSA) is 83.0 Å². The molecule has 7 nitrogen and oxygen atoms in total. The summed E-state index contributed by atoms with van der Waals surface area (Å²) in [6, 6.07) is 7.27. The summed E-state index contributed by atoms with van der Waals surface area (Å²) in [4.78, 5) is 26.1. The highest BCUT2D eigenvalue weighted by atomic mass is 16.6. The van der Waals surface area contributed by atoms with Crippen LogP contribution in [-0.4, -0.2) is 36.5 Å². The molecule has 7 heteroatoms. The first kappa shape index (κ1) is 20.7. The Morgan fingerprint density at radius 3 is 2.78 bits per heavy atom. The van der Waals surface area contributed by atoms with Crippen molar-refractivity contribution in [2.45, 2.75) is 65.0 Å². The molecule has 1 aliphatic rings. The highest BCUT2D eigenvalue weighted by Gasteiger charge is 2.24. The van der Waals surface area contributed by atoms with Gasteiger partial charge in [0.15, 0.2) is 0 Å². The molecule has 0 fully saturated rings. The standard InChI is InChI=1S/C20H30N4O3/c1-5-6-10-16(22-19(26)27-20(2,3)4)14-21-23-18(25)24-13-12-15-9-7-8-11-17(15)24/h7-9,11,14,16H,5-6,10,12-13H2,1-4H3,(H,22,26)(H,23,25)/b21-14+/t16-/m0/s1. The predicted molar refractivity (Wildman–Crippen MR) is 107 cm³/mol. The zero-order valence-electron chi connectivity index (χ0n) is 16.6. The maximum atomic E-state index is 12.4. The van der Waals surface area contributed by atoms with E-state index >= 15 is 0 Å². The van der Waals surface area contributed by atoms with Crippen LogP contribution in [0.4, 0.5) is 15.3 Å². The number of alkyl carbamates (subject to hydrolysis) is 1. The van der Waals surface area contributed by atoms with Gasteiger partial charge in [-0.2, -0.15) is 5.10 Å². The molecule has 1 aliphatic heterocycles. The van der Waals surface area contributed by atoms with Crippen molar-refractivity contribution in [1.82, 2.24) is 10.7 Å². The van der Waals surface area contributed by atoms with Gasteiger partial charge >= 0.3 is 12.1 Å². The fraction of sp³-hybridized carbons (Fsp3) is 0.550. The molecule has 1 aromatic rings. The fourth-order valence-corrected chi connectivity index (χ4v) is 2.86. The zero-order valence-corrected chi connectivity index (χ0v) is 16.6. The highest BCUT2D eigenvalue weighted by Crippen LogP contribution is 2.27. The van der Waals surface area contributed by atoms with E-state index in [9.17, 15) is 9.59 Å². The summed E-state index contributed by atoms with van der Waals surface area (Å²) >= 11 is 0. The number of hydrogen-bond donors (Lipinski definition) is 2. The Morgan fingerprint density at radius 1 is 1.33 bits per heavy atom. The monoisotopic (exact) mass is 374 g/mol. The fourth-order valence-electron chi connectivity index (χ4n) is 2.86. The molecule has 2 N–H and O–H groups in total. The first-order chi connectivity index (χ1) is 12.8. The number of fused-ring (bicyclic) bond motifs is 1. The first-order valence-electron chi connectivity index (χ1n) is 9.48. The Bertz CT molecular complexity index is 682. The van der Waals surface area contributed by atoms with Gasteiger partial charge in [-0.25, -0.2) is 15.0 Å². The van der Waals surface area contributed by atoms with Crippen molar-refractivity contribution in [3.8, 4) is 0 Å². The molecular weight excluding hydrogens is 344 g/mol. The number of anilines is 1. The third-order valence-electron chi connectivity index (χ3n) is 4.12. The third kappa shape index (κ3) is 6.58. The second-order valence-electron chi connectivity index (χ2n) is 7.62. The van der Waals surface area contributed by atoms with Crippen LogP contribution < -0.4 is 15.6 Å². The molecule has 1 atom stereocenters. The van der Waals surface area contributed by atoms with E-state index in [1.54, 1.807) is 11.1 Å². The van der Waals surface area contributed by atoms with E-state index in [1.165, 1.54) is 0 Å². The molecule has 0 saturated heterocycles. The minimum Gasteiger partial charge on any atom is -0.444 e. The van der Waals surface area contributed by atoms with Crippen molar-refractivity contribution in [2.24, 2.45) is 5.10 Å². The van der Waals surface area contributed by atoms with E-state index < -0.39 is 11.7 Å². The van der Waals surface area contributed by atoms with Crippen molar-refractivity contribution in [1.29, 1.82) is 0 Å². The predicted octanol–water partition coefficient (Wildman–Crippen LogP) is 3.83. The normalized spacial score (nSPS) is 14.7. The van der Waals surface area contributed by atoms with Gasteiger partial charge in [-0.3, -0.25) is 4.90 Å². The quantitative estimate of drug-likeness (QED) is 0.586. The number of benzene rings is 1. The SMILES string of the molecule is CCCC[C@@H](/C=N/NC(=O)N1CCc2ccccc21)NC(=O)OC(C)(C)C. The molecule has 27 heavy (non-hydrogen) atoms. The average Bonchev–Trinajstić information content (AvgIpc) is 3.02. The molecule has 0 radical (unpaired) electrons. The van der Waals surface area contributed by atoms with Gasteiger partial charge in [0.25, 0.3) is 0 Å². The van der Waals surface area contributed by atoms with Crippen LogP contribution in [0.2, 0.25) is 0 Å². The summed E-state index contributed by atoms with van der Waals surface area (Å²) in [5.41, 5.74) is 4.07. The van der Waals surface area contributed by atoms with Crippen LogP contribution in [0.1, 0.15) is 52.5 Å². The van der Waals surface area contributed by atoms with Crippen LogP contribution in [0.15, 0.2) is 29.4 Å². The molecule has 2 rings (SSSR count). The molecule has 3 amide bonds. The number of carbonyl (C=O) groups excluding carboxylic acids is 2. The van der Waals surface area contributed by atoms with Gasteiger partial charge in [-0.15, -0.1) is 0 Å². The summed E-state index contributed by atoms with van der Waals surface area (Å²) < 4.78 is 5.29. The van der Waals surface area contributed by atoms with Crippen LogP contribution in [0, 0.1) is 0 Å². The van der Waals surface area contributed by atoms with Crippen molar-refractivity contribution in [3.05, 3.63) is 29.8 Å². The number of nitrogens with one attached hydrogen (secondary N) is 2. The van der Waals surface area contributed by atoms with Gasteiger partial charge in [-0.05, 0) is 45.2 Å². The molecule has 0 aliphatic carbocycles. The Hall–Kier alpha value is -2.57. The van der Waals surface area contributed by atoms with Gasteiger partial charge in [0.1, 0.15) is 5.60 Å². The maximum Gasteiger partial charge on any atom is 0.408 e. The first-order valence-corrected chi connectivity index (χ1v) is 9.48. The van der Waals surface area contributed by atoms with Gasteiger partial charge < -0.3 is 10.1 Å². The number of rotatable bonds is 6. The molecule has 1 aromatic carbocycles. The van der Waals surface area contributed by atoms with E-state index in [0.717, 1.165) is 36.9 Å². The number of hydrazone groups is 1. The number of carbonyl (C=O) groups is 2. The Morgan fingerprint density at radius 2 is 2.07 bits per heavy atom. The van der Waals surface area contributed by atoms with E-state index in [1.807, 2.05) is 45.0 Å². The number of ether oxygens (including phenoxy) is 1. The molecule has 0 bridgehead atoms. The summed E-state index contributed by atoms with van der Waals surface area (Å²) in [7, 11) is 0. The molecule has 0 unspecified atom stereocenters. The Labute approximate surface area is 161 Å². The lowest BCUT2D eigenvalue weighted by Gasteiger charge is -2.22. The van der Waals surface area contributed by atoms with Crippen LogP contribution in [0.3, 0.4) is 0 Å². The number of hydrogen-bond acceptors (Lipinski definition) is 4. The summed E-state index contributed by atoms with van der Waals surface area (Å²) in [6.07, 6.45) is 4.56. The smallest absolute Gasteiger partial charge is 0.408 e. The number of para-hydroxylation sites is 1. The van der Waals surface area contributed by atoms with E-state index in [2.05, 4.69) is 22.8 Å². The average molecular weight is 374 g/mol. The lowest BCUT2D eigenvalue weighted by atomic mass is 10.1. The number of nitrogens with zero attached hydrogens (tertiary/aromatic N) is 2. The van der Waals surface area contributed by atoms with E-state index in [0.29, 0.717) is 6.54 Å². The number of urea groups is 1. The van der Waals surface area contributed by atoms with Crippen molar-refractivity contribution in [3.63, 3.8) is 0 Å².